The Hall–Kier alpha value is -3.93. The lowest BCUT2D eigenvalue weighted by Gasteiger charge is -2.16. The maximum absolute atomic E-state index is 6.70. The number of halogens is 1. The van der Waals surface area contributed by atoms with E-state index >= 15 is 0 Å². The highest BCUT2D eigenvalue weighted by molar-refractivity contribution is 7.99. The van der Waals surface area contributed by atoms with Crippen LogP contribution in [0.1, 0.15) is 68.0 Å². The molecule has 4 nitrogen and oxygen atoms in total. The first-order valence-corrected chi connectivity index (χ1v) is 17.1. The summed E-state index contributed by atoms with van der Waals surface area (Å²) in [6, 6.07) is 32.9. The molecule has 1 N–H and O–H groups in total. The smallest absolute Gasteiger partial charge is 0.118 e. The maximum Gasteiger partial charge on any atom is 0.118 e. The Kier molecular flexibility index (Phi) is 9.67. The van der Waals surface area contributed by atoms with Crippen molar-refractivity contribution in [2.75, 3.05) is 10.8 Å². The first-order valence-electron chi connectivity index (χ1n) is 15.9. The molecule has 0 amide bonds. The van der Waals surface area contributed by atoms with Crippen LogP contribution in [0.4, 0.5) is 5.69 Å². The van der Waals surface area contributed by atoms with Crippen molar-refractivity contribution >= 4 is 29.4 Å². The highest BCUT2D eigenvalue weighted by atomic mass is 35.5. The highest BCUT2D eigenvalue weighted by Crippen LogP contribution is 2.33. The molecule has 0 saturated carbocycles. The van der Waals surface area contributed by atoms with Crippen LogP contribution in [0.5, 0.6) is 0 Å². The zero-order chi connectivity index (χ0) is 31.3. The predicted molar refractivity (Wildman–Crippen MR) is 193 cm³/mol. The first-order chi connectivity index (χ1) is 21.9. The number of nitrogens with one attached hydrogen (secondary N) is 1. The summed E-state index contributed by atoms with van der Waals surface area (Å²) in [7, 11) is 0. The highest BCUT2D eigenvalue weighted by Gasteiger charge is 2.18. The van der Waals surface area contributed by atoms with Gasteiger partial charge in [-0.05, 0) is 83.8 Å². The Bertz CT molecular complexity index is 1750. The van der Waals surface area contributed by atoms with E-state index in [9.17, 15) is 0 Å². The third-order valence-corrected chi connectivity index (χ3v) is 9.79. The third-order valence-electron chi connectivity index (χ3n) is 8.54. The van der Waals surface area contributed by atoms with Crippen LogP contribution < -0.4 is 9.03 Å². The molecule has 230 valence electrons. The van der Waals surface area contributed by atoms with Crippen LogP contribution in [-0.4, -0.2) is 16.1 Å². The molecule has 5 aromatic rings. The Morgan fingerprint density at radius 3 is 2.11 bits per heavy atom. The number of imidazole rings is 1. The summed E-state index contributed by atoms with van der Waals surface area (Å²) in [6.07, 6.45) is 7.77. The number of hydrogen-bond acceptors (Lipinski definition) is 4. The van der Waals surface area contributed by atoms with Gasteiger partial charge >= 0.3 is 0 Å². The monoisotopic (exact) mass is 632 g/mol. The maximum atomic E-state index is 6.70. The van der Waals surface area contributed by atoms with Crippen molar-refractivity contribution in [3.05, 3.63) is 137 Å². The van der Waals surface area contributed by atoms with E-state index in [1.54, 1.807) is 12.1 Å². The van der Waals surface area contributed by atoms with Crippen molar-refractivity contribution in [1.82, 2.24) is 14.3 Å². The number of nitrogens with zero attached hydrogens (tertiary/aromatic N) is 3. The van der Waals surface area contributed by atoms with Crippen LogP contribution in [0.2, 0.25) is 5.02 Å². The van der Waals surface area contributed by atoms with Gasteiger partial charge in [-0.1, -0.05) is 106 Å². The van der Waals surface area contributed by atoms with Crippen LogP contribution in [0, 0.1) is 6.92 Å². The SMILES string of the molecule is C=C1CN(c2ccc(-n3cc(-c4ccc(C)cc4Cl)nc3Cc3ccc(-c4ccc(C(CCC)CCC)cc4)cc3)cc2)SN1. The summed E-state index contributed by atoms with van der Waals surface area (Å²) >= 11 is 8.27. The topological polar surface area (TPSA) is 33.1 Å². The van der Waals surface area contributed by atoms with Crippen molar-refractivity contribution in [2.24, 2.45) is 0 Å². The molecule has 1 aliphatic heterocycles. The summed E-state index contributed by atoms with van der Waals surface area (Å²) in [5.41, 5.74) is 11.3. The number of aryl methyl sites for hydroxylation is 1. The fraction of sp³-hybridized carbons (Fsp3) is 0.256. The van der Waals surface area contributed by atoms with Crippen molar-refractivity contribution in [3.63, 3.8) is 0 Å². The van der Waals surface area contributed by atoms with Crippen LogP contribution in [-0.2, 0) is 6.42 Å². The standard InChI is InChI=1S/C39H41ClN4S/c1-5-7-30(8-6-2)32-14-16-33(17-15-32)31-12-10-29(11-13-31)24-39-41-38(36-22-9-27(3)23-37(36)40)26-43(39)34-18-20-35(21-19-34)44-25-28(4)42-45-44/h9-23,26,30,42H,4-8,24-25H2,1-3H3. The number of benzene rings is 4. The molecule has 45 heavy (non-hydrogen) atoms. The van der Waals surface area contributed by atoms with E-state index in [2.05, 4.69) is 132 Å². The summed E-state index contributed by atoms with van der Waals surface area (Å²) in [6.45, 7) is 11.4. The Morgan fingerprint density at radius 2 is 1.51 bits per heavy atom. The molecule has 0 bridgehead atoms. The van der Waals surface area contributed by atoms with E-state index in [1.165, 1.54) is 47.9 Å². The fourth-order valence-corrected chi connectivity index (χ4v) is 7.21. The molecular formula is C39H41ClN4S. The number of anilines is 1. The van der Waals surface area contributed by atoms with Gasteiger partial charge in [-0.2, -0.15) is 0 Å². The second-order valence-corrected chi connectivity index (χ2v) is 13.3. The van der Waals surface area contributed by atoms with Crippen LogP contribution in [0.3, 0.4) is 0 Å². The fourth-order valence-electron chi connectivity index (χ4n) is 6.13. The van der Waals surface area contributed by atoms with E-state index < -0.39 is 0 Å². The van der Waals surface area contributed by atoms with Crippen LogP contribution >= 0.6 is 23.7 Å². The van der Waals surface area contributed by atoms with Gasteiger partial charge in [-0.3, -0.25) is 4.31 Å². The van der Waals surface area contributed by atoms with Gasteiger partial charge in [-0.15, -0.1) is 0 Å². The largest absolute Gasteiger partial charge is 0.315 e. The summed E-state index contributed by atoms with van der Waals surface area (Å²) in [5.74, 6) is 1.63. The normalized spacial score (nSPS) is 13.1. The van der Waals surface area contributed by atoms with Gasteiger partial charge in [0.1, 0.15) is 5.82 Å². The molecule has 4 aromatic carbocycles. The van der Waals surface area contributed by atoms with Crippen molar-refractivity contribution < 1.29 is 0 Å². The van der Waals surface area contributed by atoms with Gasteiger partial charge in [-0.25, -0.2) is 4.98 Å². The zero-order valence-corrected chi connectivity index (χ0v) is 28.0. The minimum Gasteiger partial charge on any atom is -0.315 e. The average Bonchev–Trinajstić information content (AvgIpc) is 3.68. The van der Waals surface area contributed by atoms with Crippen LogP contribution in [0.15, 0.2) is 109 Å². The molecule has 1 aliphatic rings. The average molecular weight is 633 g/mol. The molecule has 0 aliphatic carbocycles. The summed E-state index contributed by atoms with van der Waals surface area (Å²) < 4.78 is 7.62. The van der Waals surface area contributed by atoms with Crippen molar-refractivity contribution in [1.29, 1.82) is 0 Å². The Morgan fingerprint density at radius 1 is 0.867 bits per heavy atom. The first kappa shape index (κ1) is 31.1. The van der Waals surface area contributed by atoms with Crippen molar-refractivity contribution in [2.45, 2.75) is 58.8 Å². The van der Waals surface area contributed by atoms with E-state index in [1.807, 2.05) is 6.07 Å². The molecular weight excluding hydrogens is 592 g/mol. The molecule has 6 heteroatoms. The van der Waals surface area contributed by atoms with Gasteiger partial charge in [0.2, 0.25) is 0 Å². The second kappa shape index (κ2) is 14.0. The number of hydrogen-bond donors (Lipinski definition) is 1. The number of aromatic nitrogens is 2. The van der Waals surface area contributed by atoms with Gasteiger partial charge in [0.25, 0.3) is 0 Å². The molecule has 0 unspecified atom stereocenters. The van der Waals surface area contributed by atoms with Gasteiger partial charge < -0.3 is 9.29 Å². The molecule has 0 radical (unpaired) electrons. The van der Waals surface area contributed by atoms with Crippen LogP contribution in [0.25, 0.3) is 28.1 Å². The minimum absolute atomic E-state index is 0.659. The molecule has 0 spiro atoms. The van der Waals surface area contributed by atoms with E-state index in [4.69, 9.17) is 16.6 Å². The van der Waals surface area contributed by atoms with Gasteiger partial charge in [0, 0.05) is 35.3 Å². The zero-order valence-electron chi connectivity index (χ0n) is 26.4. The Labute approximate surface area is 277 Å². The van der Waals surface area contributed by atoms with Gasteiger partial charge in [0.05, 0.1) is 29.4 Å². The lowest BCUT2D eigenvalue weighted by molar-refractivity contribution is 0.561. The molecule has 0 atom stereocenters. The second-order valence-electron chi connectivity index (χ2n) is 12.0. The molecule has 6 rings (SSSR count). The van der Waals surface area contributed by atoms with E-state index in [-0.39, 0.29) is 0 Å². The van der Waals surface area contributed by atoms with E-state index in [0.29, 0.717) is 17.4 Å². The molecule has 1 saturated heterocycles. The van der Waals surface area contributed by atoms with Gasteiger partial charge in [0.15, 0.2) is 0 Å². The lowest BCUT2D eigenvalue weighted by Crippen LogP contribution is -2.09. The van der Waals surface area contributed by atoms with Crippen molar-refractivity contribution in [3.8, 4) is 28.1 Å². The number of rotatable bonds is 11. The third kappa shape index (κ3) is 7.16. The Balaban J connectivity index is 1.27. The molecule has 1 fully saturated rings. The van der Waals surface area contributed by atoms with E-state index in [0.717, 1.165) is 46.3 Å². The summed E-state index contributed by atoms with van der Waals surface area (Å²) in [5, 5.41) is 0.714. The summed E-state index contributed by atoms with van der Waals surface area (Å²) in [4.78, 5) is 5.13. The minimum atomic E-state index is 0.659. The lowest BCUT2D eigenvalue weighted by atomic mass is 9.89. The molecule has 1 aromatic heterocycles. The quantitative estimate of drug-likeness (QED) is 0.147. The predicted octanol–water partition coefficient (Wildman–Crippen LogP) is 10.9. The molecule has 2 heterocycles.